The normalized spacial score (nSPS) is 17.9. The molecule has 0 bridgehead atoms. The lowest BCUT2D eigenvalue weighted by atomic mass is 9.81. The maximum atomic E-state index is 5.65. The van der Waals surface area contributed by atoms with Crippen LogP contribution in [0.3, 0.4) is 0 Å². The summed E-state index contributed by atoms with van der Waals surface area (Å²) < 4.78 is 0. The van der Waals surface area contributed by atoms with E-state index in [4.69, 9.17) is 5.73 Å². The molecule has 2 nitrogen and oxygen atoms in total. The Balaban J connectivity index is 2.20. The fraction of sp³-hybridized carbons (Fsp3) is 0.647. The van der Waals surface area contributed by atoms with Gasteiger partial charge in [0.05, 0.1) is 0 Å². The van der Waals surface area contributed by atoms with Crippen molar-refractivity contribution in [1.82, 2.24) is 4.90 Å². The predicted molar refractivity (Wildman–Crippen MR) is 82.9 cm³/mol. The number of piperidine rings is 1. The Morgan fingerprint density at radius 1 is 1.05 bits per heavy atom. The zero-order valence-electron chi connectivity index (χ0n) is 12.9. The molecule has 0 atom stereocenters. The highest BCUT2D eigenvalue weighted by molar-refractivity contribution is 5.46. The van der Waals surface area contributed by atoms with Crippen molar-refractivity contribution in [3.63, 3.8) is 0 Å². The fourth-order valence-electron chi connectivity index (χ4n) is 3.49. The molecule has 0 aromatic heterocycles. The molecule has 0 aliphatic carbocycles. The molecule has 2 heteroatoms. The largest absolute Gasteiger partial charge is 0.329 e. The zero-order chi connectivity index (χ0) is 14.0. The number of likely N-dealkylation sites (tertiary alicyclic amines) is 1. The molecular formula is C17H28N2. The van der Waals surface area contributed by atoms with Crippen molar-refractivity contribution >= 4 is 0 Å². The maximum Gasteiger partial charge on any atom is 0.0105 e. The number of benzene rings is 1. The number of nitrogens with two attached hydrogens (primary N) is 1. The third-order valence-corrected chi connectivity index (χ3v) is 4.87. The number of nitrogens with zero attached hydrogens (tertiary/aromatic N) is 1. The molecular weight excluding hydrogens is 232 g/mol. The molecule has 106 valence electrons. The Labute approximate surface area is 118 Å². The minimum atomic E-state index is 0.743. The smallest absolute Gasteiger partial charge is 0.0105 e. The minimum Gasteiger partial charge on any atom is -0.329 e. The van der Waals surface area contributed by atoms with Crippen LogP contribution in [0.5, 0.6) is 0 Å². The highest BCUT2D eigenvalue weighted by Crippen LogP contribution is 2.35. The number of rotatable bonds is 3. The summed E-state index contributed by atoms with van der Waals surface area (Å²) in [6, 6.07) is 2.33. The molecule has 0 radical (unpaired) electrons. The molecule has 0 saturated carbocycles. The third-order valence-electron chi connectivity index (χ3n) is 4.87. The second kappa shape index (κ2) is 6.06. The average Bonchev–Trinajstić information content (AvgIpc) is 2.39. The van der Waals surface area contributed by atoms with Crippen molar-refractivity contribution in [2.75, 3.05) is 26.2 Å². The number of hydrogen-bond acceptors (Lipinski definition) is 2. The van der Waals surface area contributed by atoms with Gasteiger partial charge in [0.1, 0.15) is 0 Å². The summed E-state index contributed by atoms with van der Waals surface area (Å²) >= 11 is 0. The molecule has 2 rings (SSSR count). The summed E-state index contributed by atoms with van der Waals surface area (Å²) in [6.07, 6.45) is 2.56. The van der Waals surface area contributed by atoms with Crippen molar-refractivity contribution < 1.29 is 0 Å². The van der Waals surface area contributed by atoms with Gasteiger partial charge >= 0.3 is 0 Å². The van der Waals surface area contributed by atoms with Crippen molar-refractivity contribution in [3.05, 3.63) is 33.9 Å². The van der Waals surface area contributed by atoms with Gasteiger partial charge in [0.2, 0.25) is 0 Å². The van der Waals surface area contributed by atoms with Gasteiger partial charge in [-0.25, -0.2) is 0 Å². The van der Waals surface area contributed by atoms with E-state index in [2.05, 4.69) is 38.7 Å². The van der Waals surface area contributed by atoms with E-state index in [-0.39, 0.29) is 0 Å². The van der Waals surface area contributed by atoms with Crippen LogP contribution in [0.2, 0.25) is 0 Å². The Morgan fingerprint density at radius 3 is 2.05 bits per heavy atom. The maximum absolute atomic E-state index is 5.65. The summed E-state index contributed by atoms with van der Waals surface area (Å²) in [4.78, 5) is 2.50. The lowest BCUT2D eigenvalue weighted by molar-refractivity contribution is 0.217. The lowest BCUT2D eigenvalue weighted by Crippen LogP contribution is -2.36. The first-order valence-corrected chi connectivity index (χ1v) is 7.54. The van der Waals surface area contributed by atoms with Crippen LogP contribution < -0.4 is 5.73 Å². The van der Waals surface area contributed by atoms with E-state index in [1.165, 1.54) is 48.2 Å². The van der Waals surface area contributed by atoms with E-state index in [0.717, 1.165) is 19.0 Å². The summed E-state index contributed by atoms with van der Waals surface area (Å²) in [5, 5.41) is 0. The van der Waals surface area contributed by atoms with Gasteiger partial charge in [-0.05, 0) is 87.4 Å². The number of aryl methyl sites for hydroxylation is 2. The van der Waals surface area contributed by atoms with Gasteiger partial charge in [-0.15, -0.1) is 0 Å². The second-order valence-corrected chi connectivity index (χ2v) is 6.08. The highest BCUT2D eigenvalue weighted by Gasteiger charge is 2.23. The van der Waals surface area contributed by atoms with Gasteiger partial charge in [0, 0.05) is 13.1 Å². The third kappa shape index (κ3) is 3.01. The van der Waals surface area contributed by atoms with Crippen molar-refractivity contribution in [2.45, 2.75) is 46.5 Å². The quantitative estimate of drug-likeness (QED) is 0.905. The van der Waals surface area contributed by atoms with Crippen LogP contribution in [0.25, 0.3) is 0 Å². The Bertz CT molecular complexity index is 417. The summed E-state index contributed by atoms with van der Waals surface area (Å²) in [7, 11) is 0. The first-order chi connectivity index (χ1) is 9.04. The summed E-state index contributed by atoms with van der Waals surface area (Å²) in [5.74, 6) is 0.743. The predicted octanol–water partition coefficient (Wildman–Crippen LogP) is 3.06. The summed E-state index contributed by atoms with van der Waals surface area (Å²) in [5.41, 5.74) is 13.2. The van der Waals surface area contributed by atoms with Gasteiger partial charge < -0.3 is 10.6 Å². The molecule has 1 aliphatic rings. The van der Waals surface area contributed by atoms with Crippen molar-refractivity contribution in [1.29, 1.82) is 0 Å². The van der Waals surface area contributed by atoms with E-state index in [0.29, 0.717) is 0 Å². The fourth-order valence-corrected chi connectivity index (χ4v) is 3.49. The van der Waals surface area contributed by atoms with E-state index in [1.54, 1.807) is 5.56 Å². The van der Waals surface area contributed by atoms with E-state index in [9.17, 15) is 0 Å². The van der Waals surface area contributed by atoms with Gasteiger partial charge in [-0.2, -0.15) is 0 Å². The first kappa shape index (κ1) is 14.5. The van der Waals surface area contributed by atoms with Gasteiger partial charge in [-0.3, -0.25) is 0 Å². The minimum absolute atomic E-state index is 0.743. The van der Waals surface area contributed by atoms with E-state index >= 15 is 0 Å². The zero-order valence-corrected chi connectivity index (χ0v) is 12.9. The monoisotopic (exact) mass is 260 g/mol. The molecule has 0 unspecified atom stereocenters. The molecule has 0 amide bonds. The molecule has 1 aliphatic heterocycles. The highest BCUT2D eigenvalue weighted by atomic mass is 15.1. The van der Waals surface area contributed by atoms with Crippen LogP contribution in [0, 0.1) is 27.7 Å². The average molecular weight is 260 g/mol. The van der Waals surface area contributed by atoms with Gasteiger partial charge in [-0.1, -0.05) is 6.07 Å². The van der Waals surface area contributed by atoms with E-state index < -0.39 is 0 Å². The van der Waals surface area contributed by atoms with Crippen LogP contribution in [0.15, 0.2) is 6.07 Å². The van der Waals surface area contributed by atoms with Crippen LogP contribution in [0.1, 0.15) is 46.6 Å². The molecule has 19 heavy (non-hydrogen) atoms. The second-order valence-electron chi connectivity index (χ2n) is 6.08. The van der Waals surface area contributed by atoms with Gasteiger partial charge in [0.15, 0.2) is 0 Å². The molecule has 1 saturated heterocycles. The first-order valence-electron chi connectivity index (χ1n) is 7.54. The van der Waals surface area contributed by atoms with Gasteiger partial charge in [0.25, 0.3) is 0 Å². The SMILES string of the molecule is Cc1cc(C)c(C)c(C2CCN(CCN)CC2)c1C. The molecule has 0 spiro atoms. The molecule has 1 aromatic carbocycles. The summed E-state index contributed by atoms with van der Waals surface area (Å²) in [6.45, 7) is 13.3. The topological polar surface area (TPSA) is 29.3 Å². The lowest BCUT2D eigenvalue weighted by Gasteiger charge is -2.34. The Kier molecular flexibility index (Phi) is 4.64. The van der Waals surface area contributed by atoms with Crippen LogP contribution in [0.4, 0.5) is 0 Å². The molecule has 1 fully saturated rings. The van der Waals surface area contributed by atoms with E-state index in [1.807, 2.05) is 0 Å². The number of hydrogen-bond donors (Lipinski definition) is 1. The van der Waals surface area contributed by atoms with Crippen LogP contribution >= 0.6 is 0 Å². The Morgan fingerprint density at radius 2 is 1.58 bits per heavy atom. The molecule has 2 N–H and O–H groups in total. The van der Waals surface area contributed by atoms with Crippen LogP contribution in [-0.4, -0.2) is 31.1 Å². The molecule has 1 heterocycles. The van der Waals surface area contributed by atoms with Crippen LogP contribution in [-0.2, 0) is 0 Å². The van der Waals surface area contributed by atoms with Crippen molar-refractivity contribution in [3.8, 4) is 0 Å². The Hall–Kier alpha value is -0.860. The standard InChI is InChI=1S/C17H28N2/c1-12-11-13(2)15(4)17(14(12)3)16-5-8-19(9-6-16)10-7-18/h11,16H,5-10,18H2,1-4H3. The molecule has 1 aromatic rings. The van der Waals surface area contributed by atoms with Crippen molar-refractivity contribution in [2.24, 2.45) is 5.73 Å².